The van der Waals surface area contributed by atoms with Crippen LogP contribution < -0.4 is 11.1 Å². The smallest absolute Gasteiger partial charge is 0.188 e. The number of aliphatic imine (C=N–C) groups is 1. The number of nitrogens with zero attached hydrogens (tertiary/aromatic N) is 1. The standard InChI is InChI=1S/C16H22ClN3.HI/c17-13-5-3-12(4-6-13)16(9-1-2-10-16)11-19-15(18)20-14-7-8-14;/h3-6,14H,1-2,7-11H2,(H3,18,19,20);1H. The van der Waals surface area contributed by atoms with Gasteiger partial charge in [-0.05, 0) is 43.4 Å². The lowest BCUT2D eigenvalue weighted by molar-refractivity contribution is 0.453. The molecule has 1 aromatic carbocycles. The van der Waals surface area contributed by atoms with Gasteiger partial charge in [0.05, 0.1) is 6.54 Å². The number of halogens is 2. The van der Waals surface area contributed by atoms with Crippen LogP contribution in [-0.4, -0.2) is 18.5 Å². The first-order chi connectivity index (χ1) is 9.68. The molecule has 0 atom stereocenters. The van der Waals surface area contributed by atoms with Crippen molar-refractivity contribution >= 4 is 41.5 Å². The number of nitrogens with one attached hydrogen (secondary N) is 1. The van der Waals surface area contributed by atoms with Crippen molar-refractivity contribution in [2.24, 2.45) is 10.7 Å². The number of guanidine groups is 1. The Kier molecular flexibility index (Phi) is 5.77. The summed E-state index contributed by atoms with van der Waals surface area (Å²) in [6.45, 7) is 0.778. The first-order valence-electron chi connectivity index (χ1n) is 7.50. The second kappa shape index (κ2) is 7.18. The van der Waals surface area contributed by atoms with E-state index in [1.54, 1.807) is 0 Å². The number of benzene rings is 1. The fourth-order valence-corrected chi connectivity index (χ4v) is 3.24. The Morgan fingerprint density at radius 2 is 1.86 bits per heavy atom. The van der Waals surface area contributed by atoms with Crippen molar-refractivity contribution in [3.8, 4) is 0 Å². The molecule has 21 heavy (non-hydrogen) atoms. The average Bonchev–Trinajstić information content (AvgIpc) is 3.12. The summed E-state index contributed by atoms with van der Waals surface area (Å²) in [6, 6.07) is 8.81. The molecule has 0 radical (unpaired) electrons. The van der Waals surface area contributed by atoms with Gasteiger partial charge in [-0.1, -0.05) is 36.6 Å². The minimum atomic E-state index is 0. The van der Waals surface area contributed by atoms with Gasteiger partial charge in [0.2, 0.25) is 0 Å². The highest BCUT2D eigenvalue weighted by molar-refractivity contribution is 14.0. The Balaban J connectivity index is 0.00000161. The van der Waals surface area contributed by atoms with E-state index >= 15 is 0 Å². The first-order valence-corrected chi connectivity index (χ1v) is 7.88. The molecule has 116 valence electrons. The Labute approximate surface area is 148 Å². The van der Waals surface area contributed by atoms with Gasteiger partial charge in [0.1, 0.15) is 0 Å². The van der Waals surface area contributed by atoms with Crippen LogP contribution in [0.5, 0.6) is 0 Å². The maximum Gasteiger partial charge on any atom is 0.188 e. The van der Waals surface area contributed by atoms with Crippen molar-refractivity contribution in [1.29, 1.82) is 0 Å². The normalized spacial score (nSPS) is 20.9. The number of nitrogens with two attached hydrogens (primary N) is 1. The first kappa shape index (κ1) is 16.9. The van der Waals surface area contributed by atoms with E-state index in [1.807, 2.05) is 12.1 Å². The zero-order valence-corrected chi connectivity index (χ0v) is 15.2. The van der Waals surface area contributed by atoms with Crippen LogP contribution in [0.2, 0.25) is 5.02 Å². The van der Waals surface area contributed by atoms with Gasteiger partial charge in [-0.3, -0.25) is 4.99 Å². The van der Waals surface area contributed by atoms with Crippen LogP contribution in [0.1, 0.15) is 44.1 Å². The van der Waals surface area contributed by atoms with Crippen LogP contribution in [-0.2, 0) is 5.41 Å². The highest BCUT2D eigenvalue weighted by atomic mass is 127. The van der Waals surface area contributed by atoms with Gasteiger partial charge in [0, 0.05) is 16.5 Å². The number of hydrogen-bond donors (Lipinski definition) is 2. The van der Waals surface area contributed by atoms with Crippen molar-refractivity contribution in [2.75, 3.05) is 6.54 Å². The predicted molar refractivity (Wildman–Crippen MR) is 99.7 cm³/mol. The molecule has 0 aromatic heterocycles. The van der Waals surface area contributed by atoms with Crippen molar-refractivity contribution in [1.82, 2.24) is 5.32 Å². The van der Waals surface area contributed by atoms with Gasteiger partial charge < -0.3 is 11.1 Å². The van der Waals surface area contributed by atoms with Gasteiger partial charge in [0.15, 0.2) is 5.96 Å². The fraction of sp³-hybridized carbons (Fsp3) is 0.562. The fourth-order valence-electron chi connectivity index (χ4n) is 3.11. The molecule has 0 unspecified atom stereocenters. The van der Waals surface area contributed by atoms with E-state index in [-0.39, 0.29) is 29.4 Å². The van der Waals surface area contributed by atoms with Crippen LogP contribution >= 0.6 is 35.6 Å². The molecule has 5 heteroatoms. The van der Waals surface area contributed by atoms with E-state index in [1.165, 1.54) is 44.1 Å². The monoisotopic (exact) mass is 419 g/mol. The third-order valence-corrected chi connectivity index (χ3v) is 4.75. The summed E-state index contributed by atoms with van der Waals surface area (Å²) in [7, 11) is 0. The number of hydrogen-bond acceptors (Lipinski definition) is 1. The van der Waals surface area contributed by atoms with E-state index < -0.39 is 0 Å². The van der Waals surface area contributed by atoms with Crippen LogP contribution in [0.4, 0.5) is 0 Å². The molecule has 0 spiro atoms. The van der Waals surface area contributed by atoms with Gasteiger partial charge in [-0.2, -0.15) is 0 Å². The molecule has 0 heterocycles. The van der Waals surface area contributed by atoms with Gasteiger partial charge in [0.25, 0.3) is 0 Å². The Morgan fingerprint density at radius 1 is 1.24 bits per heavy atom. The number of rotatable bonds is 4. The lowest BCUT2D eigenvalue weighted by atomic mass is 9.79. The van der Waals surface area contributed by atoms with Crippen LogP contribution in [0.15, 0.2) is 29.3 Å². The lowest BCUT2D eigenvalue weighted by Gasteiger charge is -2.28. The maximum absolute atomic E-state index is 6.00. The largest absolute Gasteiger partial charge is 0.370 e. The third kappa shape index (κ3) is 4.25. The highest BCUT2D eigenvalue weighted by Crippen LogP contribution is 2.41. The zero-order valence-electron chi connectivity index (χ0n) is 12.1. The summed E-state index contributed by atoms with van der Waals surface area (Å²) in [4.78, 5) is 4.61. The maximum atomic E-state index is 6.00. The molecule has 3 rings (SSSR count). The Morgan fingerprint density at radius 3 is 2.43 bits per heavy atom. The molecular weight excluding hydrogens is 397 g/mol. The lowest BCUT2D eigenvalue weighted by Crippen LogP contribution is -2.35. The molecule has 0 amide bonds. The highest BCUT2D eigenvalue weighted by Gasteiger charge is 2.35. The molecule has 2 fully saturated rings. The van der Waals surface area contributed by atoms with Gasteiger partial charge in [-0.15, -0.1) is 24.0 Å². The van der Waals surface area contributed by atoms with Gasteiger partial charge >= 0.3 is 0 Å². The van der Waals surface area contributed by atoms with E-state index in [0.717, 1.165) is 11.6 Å². The SMILES string of the molecule is I.NC(=NCC1(c2ccc(Cl)cc2)CCCC1)NC1CC1. The summed E-state index contributed by atoms with van der Waals surface area (Å²) >= 11 is 6.00. The van der Waals surface area contributed by atoms with E-state index in [4.69, 9.17) is 17.3 Å². The molecule has 0 saturated heterocycles. The Bertz CT molecular complexity index is 491. The van der Waals surface area contributed by atoms with Crippen molar-refractivity contribution < 1.29 is 0 Å². The molecule has 0 aliphatic heterocycles. The van der Waals surface area contributed by atoms with Gasteiger partial charge in [-0.25, -0.2) is 0 Å². The quantitative estimate of drug-likeness (QED) is 0.443. The average molecular weight is 420 g/mol. The van der Waals surface area contributed by atoms with E-state index in [2.05, 4.69) is 22.4 Å². The molecule has 3 N–H and O–H groups in total. The summed E-state index contributed by atoms with van der Waals surface area (Å²) in [6.07, 6.45) is 7.36. The molecule has 2 aliphatic carbocycles. The van der Waals surface area contributed by atoms with Crippen molar-refractivity contribution in [2.45, 2.75) is 50.0 Å². The van der Waals surface area contributed by atoms with Crippen LogP contribution in [0.3, 0.4) is 0 Å². The van der Waals surface area contributed by atoms with E-state index in [0.29, 0.717) is 12.0 Å². The molecular formula is C16H23ClIN3. The molecule has 1 aromatic rings. The molecule has 2 saturated carbocycles. The van der Waals surface area contributed by atoms with Crippen LogP contribution in [0.25, 0.3) is 0 Å². The summed E-state index contributed by atoms with van der Waals surface area (Å²) in [5.74, 6) is 0.604. The molecule has 2 aliphatic rings. The summed E-state index contributed by atoms with van der Waals surface area (Å²) < 4.78 is 0. The third-order valence-electron chi connectivity index (χ3n) is 4.50. The summed E-state index contributed by atoms with van der Waals surface area (Å²) in [5.41, 5.74) is 7.47. The summed E-state index contributed by atoms with van der Waals surface area (Å²) in [5, 5.41) is 4.05. The van der Waals surface area contributed by atoms with Crippen molar-refractivity contribution in [3.05, 3.63) is 34.9 Å². The van der Waals surface area contributed by atoms with Crippen molar-refractivity contribution in [3.63, 3.8) is 0 Å². The predicted octanol–water partition coefficient (Wildman–Crippen LogP) is 3.84. The topological polar surface area (TPSA) is 50.4 Å². The zero-order chi connectivity index (χ0) is 14.0. The second-order valence-corrected chi connectivity index (χ2v) is 6.55. The molecule has 3 nitrogen and oxygen atoms in total. The van der Waals surface area contributed by atoms with Crippen LogP contribution in [0, 0.1) is 0 Å². The Hall–Kier alpha value is -0.490. The second-order valence-electron chi connectivity index (χ2n) is 6.11. The molecule has 0 bridgehead atoms. The van der Waals surface area contributed by atoms with E-state index in [9.17, 15) is 0 Å². The minimum absolute atomic E-state index is 0. The minimum Gasteiger partial charge on any atom is -0.370 e.